The number of piperidine rings is 1. The fourth-order valence-corrected chi connectivity index (χ4v) is 4.18. The van der Waals surface area contributed by atoms with E-state index in [2.05, 4.69) is 20.5 Å². The Hall–Kier alpha value is -1.93. The lowest BCUT2D eigenvalue weighted by Gasteiger charge is -2.31. The second-order valence-electron chi connectivity index (χ2n) is 5.33. The highest BCUT2D eigenvalue weighted by molar-refractivity contribution is 7.89. The Morgan fingerprint density at radius 3 is 3.00 bits per heavy atom. The smallest absolute Gasteiger partial charge is 0.246 e. The minimum absolute atomic E-state index is 0.115. The molecule has 1 aliphatic heterocycles. The first-order valence-electron chi connectivity index (χ1n) is 7.25. The number of pyridine rings is 1. The number of hydrogen-bond acceptors (Lipinski definition) is 5. The van der Waals surface area contributed by atoms with Crippen LogP contribution in [-0.4, -0.2) is 48.0 Å². The van der Waals surface area contributed by atoms with Crippen LogP contribution in [0.3, 0.4) is 0 Å². The molecule has 3 heterocycles. The Morgan fingerprint density at radius 2 is 2.27 bits per heavy atom. The average molecular weight is 321 g/mol. The van der Waals surface area contributed by atoms with Crippen LogP contribution in [0, 0.1) is 0 Å². The Bertz CT molecular complexity index is 729. The zero-order chi connectivity index (χ0) is 15.6. The third-order valence-electron chi connectivity index (χ3n) is 3.94. The minimum atomic E-state index is -3.48. The van der Waals surface area contributed by atoms with E-state index in [9.17, 15) is 8.42 Å². The van der Waals surface area contributed by atoms with Crippen LogP contribution in [0.5, 0.6) is 0 Å². The van der Waals surface area contributed by atoms with Crippen LogP contribution in [0.1, 0.15) is 24.5 Å². The molecule has 0 saturated carbocycles. The van der Waals surface area contributed by atoms with Gasteiger partial charge in [0, 0.05) is 37.9 Å². The van der Waals surface area contributed by atoms with Gasteiger partial charge in [-0.2, -0.15) is 9.40 Å². The molecular formula is C14H19N5O2S. The summed E-state index contributed by atoms with van der Waals surface area (Å²) in [4.78, 5) is 4.76. The quantitative estimate of drug-likeness (QED) is 0.888. The third kappa shape index (κ3) is 2.84. The number of aromatic amines is 1. The van der Waals surface area contributed by atoms with E-state index < -0.39 is 10.0 Å². The summed E-state index contributed by atoms with van der Waals surface area (Å²) in [5.41, 5.74) is 0.930. The highest BCUT2D eigenvalue weighted by atomic mass is 32.2. The molecule has 0 amide bonds. The standard InChI is InChI=1S/C14H19N5O2S/c1-15-14-6-2-5-13(18-14)11-4-3-7-19(10-11)22(20,21)12-8-16-17-9-12/h2,5-6,8-9,11H,3-4,7,10H2,1H3,(H,15,18)(H,16,17). The van der Waals surface area contributed by atoms with Crippen LogP contribution in [0.25, 0.3) is 0 Å². The number of anilines is 1. The molecule has 0 aliphatic carbocycles. The molecule has 0 aromatic carbocycles. The zero-order valence-corrected chi connectivity index (χ0v) is 13.2. The fraction of sp³-hybridized carbons (Fsp3) is 0.429. The Kier molecular flexibility index (Phi) is 4.12. The van der Waals surface area contributed by atoms with E-state index in [1.54, 1.807) is 0 Å². The zero-order valence-electron chi connectivity index (χ0n) is 12.4. The second-order valence-corrected chi connectivity index (χ2v) is 7.27. The van der Waals surface area contributed by atoms with E-state index >= 15 is 0 Å². The van der Waals surface area contributed by atoms with Gasteiger partial charge in [0.25, 0.3) is 0 Å². The maximum absolute atomic E-state index is 12.6. The molecule has 1 unspecified atom stereocenters. The molecule has 1 aliphatic rings. The second kappa shape index (κ2) is 6.05. The maximum atomic E-state index is 12.6. The number of hydrogen-bond donors (Lipinski definition) is 2. The van der Waals surface area contributed by atoms with Crippen molar-refractivity contribution in [2.45, 2.75) is 23.7 Å². The topological polar surface area (TPSA) is 91.0 Å². The van der Waals surface area contributed by atoms with E-state index in [-0.39, 0.29) is 10.8 Å². The molecule has 1 saturated heterocycles. The Labute approximate surface area is 129 Å². The average Bonchev–Trinajstić information content (AvgIpc) is 3.10. The van der Waals surface area contributed by atoms with Crippen molar-refractivity contribution in [1.29, 1.82) is 0 Å². The summed E-state index contributed by atoms with van der Waals surface area (Å²) in [7, 11) is -1.66. The first kappa shape index (κ1) is 15.0. The predicted molar refractivity (Wildman–Crippen MR) is 83.1 cm³/mol. The fourth-order valence-electron chi connectivity index (χ4n) is 2.75. The van der Waals surface area contributed by atoms with Crippen LogP contribution in [0.2, 0.25) is 0 Å². The van der Waals surface area contributed by atoms with Crippen molar-refractivity contribution in [2.75, 3.05) is 25.5 Å². The van der Waals surface area contributed by atoms with Gasteiger partial charge in [-0.05, 0) is 25.0 Å². The molecule has 8 heteroatoms. The molecule has 0 spiro atoms. The van der Waals surface area contributed by atoms with E-state index in [1.807, 2.05) is 25.2 Å². The SMILES string of the molecule is CNc1cccc(C2CCCN(S(=O)(=O)c3cn[nH]c3)C2)n1. The lowest BCUT2D eigenvalue weighted by atomic mass is 9.96. The summed E-state index contributed by atoms with van der Waals surface area (Å²) in [6.07, 6.45) is 4.53. The highest BCUT2D eigenvalue weighted by Gasteiger charge is 2.31. The van der Waals surface area contributed by atoms with Crippen LogP contribution < -0.4 is 5.32 Å². The van der Waals surface area contributed by atoms with E-state index in [1.165, 1.54) is 16.7 Å². The maximum Gasteiger partial charge on any atom is 0.246 e. The summed E-state index contributed by atoms with van der Waals surface area (Å²) in [6, 6.07) is 5.80. The van der Waals surface area contributed by atoms with Crippen LogP contribution in [-0.2, 0) is 10.0 Å². The van der Waals surface area contributed by atoms with Crippen molar-refractivity contribution in [3.63, 3.8) is 0 Å². The van der Waals surface area contributed by atoms with Crippen molar-refractivity contribution >= 4 is 15.8 Å². The molecule has 2 aromatic rings. The number of aromatic nitrogens is 3. The molecule has 1 atom stereocenters. The number of rotatable bonds is 4. The molecule has 0 bridgehead atoms. The number of sulfonamides is 1. The summed E-state index contributed by atoms with van der Waals surface area (Å²) >= 11 is 0. The molecule has 3 rings (SSSR count). The molecule has 22 heavy (non-hydrogen) atoms. The number of nitrogens with zero attached hydrogens (tertiary/aromatic N) is 3. The van der Waals surface area contributed by atoms with E-state index in [4.69, 9.17) is 0 Å². The van der Waals surface area contributed by atoms with Crippen molar-refractivity contribution in [2.24, 2.45) is 0 Å². The summed E-state index contributed by atoms with van der Waals surface area (Å²) < 4.78 is 26.7. The Morgan fingerprint density at radius 1 is 1.41 bits per heavy atom. The van der Waals surface area contributed by atoms with Crippen molar-refractivity contribution < 1.29 is 8.42 Å². The minimum Gasteiger partial charge on any atom is -0.373 e. The summed E-state index contributed by atoms with van der Waals surface area (Å²) in [6.45, 7) is 0.989. The molecule has 1 fully saturated rings. The van der Waals surface area contributed by atoms with Gasteiger partial charge in [0.15, 0.2) is 0 Å². The van der Waals surface area contributed by atoms with Crippen molar-refractivity contribution in [1.82, 2.24) is 19.5 Å². The van der Waals surface area contributed by atoms with Gasteiger partial charge in [-0.25, -0.2) is 13.4 Å². The lowest BCUT2D eigenvalue weighted by molar-refractivity contribution is 0.313. The third-order valence-corrected chi connectivity index (χ3v) is 5.77. The van der Waals surface area contributed by atoms with Gasteiger partial charge in [0.1, 0.15) is 10.7 Å². The van der Waals surface area contributed by atoms with Crippen LogP contribution in [0.15, 0.2) is 35.5 Å². The van der Waals surface area contributed by atoms with Gasteiger partial charge in [-0.15, -0.1) is 0 Å². The summed E-state index contributed by atoms with van der Waals surface area (Å²) in [5.74, 6) is 0.913. The van der Waals surface area contributed by atoms with Gasteiger partial charge < -0.3 is 5.32 Å². The van der Waals surface area contributed by atoms with Crippen molar-refractivity contribution in [3.8, 4) is 0 Å². The highest BCUT2D eigenvalue weighted by Crippen LogP contribution is 2.29. The van der Waals surface area contributed by atoms with Crippen molar-refractivity contribution in [3.05, 3.63) is 36.3 Å². The van der Waals surface area contributed by atoms with E-state index in [0.29, 0.717) is 13.1 Å². The summed E-state index contributed by atoms with van der Waals surface area (Å²) in [5, 5.41) is 9.30. The molecule has 118 valence electrons. The van der Waals surface area contributed by atoms with Gasteiger partial charge in [0.05, 0.1) is 6.20 Å². The van der Waals surface area contributed by atoms with Gasteiger partial charge >= 0.3 is 0 Å². The van der Waals surface area contributed by atoms with Gasteiger partial charge in [-0.1, -0.05) is 6.07 Å². The van der Waals surface area contributed by atoms with Crippen LogP contribution >= 0.6 is 0 Å². The molecule has 0 radical (unpaired) electrons. The monoisotopic (exact) mass is 321 g/mol. The predicted octanol–water partition coefficient (Wildman–Crippen LogP) is 1.41. The van der Waals surface area contributed by atoms with Crippen LogP contribution in [0.4, 0.5) is 5.82 Å². The first-order chi connectivity index (χ1) is 10.6. The molecule has 7 nitrogen and oxygen atoms in total. The molecular weight excluding hydrogens is 302 g/mol. The lowest BCUT2D eigenvalue weighted by Crippen LogP contribution is -2.39. The van der Waals surface area contributed by atoms with Gasteiger partial charge in [0.2, 0.25) is 10.0 Å². The number of nitrogens with one attached hydrogen (secondary N) is 2. The first-order valence-corrected chi connectivity index (χ1v) is 8.69. The molecule has 2 aromatic heterocycles. The van der Waals surface area contributed by atoms with Gasteiger partial charge in [-0.3, -0.25) is 5.10 Å². The normalized spacial score (nSPS) is 20.0. The number of H-pyrrole nitrogens is 1. The van der Waals surface area contributed by atoms with E-state index in [0.717, 1.165) is 24.4 Å². The Balaban J connectivity index is 1.82. The molecule has 2 N–H and O–H groups in total. The largest absolute Gasteiger partial charge is 0.373 e.